The fourth-order valence-electron chi connectivity index (χ4n) is 2.96. The summed E-state index contributed by atoms with van der Waals surface area (Å²) in [5.74, 6) is 0.128. The Bertz CT molecular complexity index is 697. The van der Waals surface area contributed by atoms with Crippen molar-refractivity contribution in [3.05, 3.63) is 65.2 Å². The molecule has 0 radical (unpaired) electrons. The topological polar surface area (TPSA) is 62.0 Å². The molecule has 4 heteroatoms. The van der Waals surface area contributed by atoms with Crippen LogP contribution in [-0.2, 0) is 4.84 Å². The van der Waals surface area contributed by atoms with Crippen LogP contribution in [0.25, 0.3) is 0 Å². The molecule has 0 amide bonds. The van der Waals surface area contributed by atoms with Gasteiger partial charge in [0.1, 0.15) is 18.0 Å². The van der Waals surface area contributed by atoms with E-state index in [0.29, 0.717) is 5.56 Å². The minimum absolute atomic E-state index is 0.00572. The number of aliphatic hydroxyl groups is 1. The van der Waals surface area contributed by atoms with Crippen molar-refractivity contribution in [1.82, 2.24) is 0 Å². The van der Waals surface area contributed by atoms with E-state index >= 15 is 0 Å². The first-order valence-electron chi connectivity index (χ1n) is 7.33. The third-order valence-electron chi connectivity index (χ3n) is 4.04. The smallest absolute Gasteiger partial charge is 0.136 e. The van der Waals surface area contributed by atoms with E-state index in [1.807, 2.05) is 50.2 Å². The van der Waals surface area contributed by atoms with Crippen molar-refractivity contribution in [1.29, 1.82) is 0 Å². The lowest BCUT2D eigenvalue weighted by Crippen LogP contribution is -2.17. The minimum atomic E-state index is -0.776. The van der Waals surface area contributed by atoms with Crippen molar-refractivity contribution >= 4 is 5.71 Å². The molecule has 1 aliphatic heterocycles. The average Bonchev–Trinajstić information content (AvgIpc) is 2.86. The van der Waals surface area contributed by atoms with E-state index in [9.17, 15) is 10.2 Å². The predicted molar refractivity (Wildman–Crippen MR) is 85.0 cm³/mol. The van der Waals surface area contributed by atoms with Crippen LogP contribution in [0.15, 0.2) is 53.7 Å². The van der Waals surface area contributed by atoms with E-state index in [1.165, 1.54) is 0 Å². The van der Waals surface area contributed by atoms with Gasteiger partial charge in [0.2, 0.25) is 0 Å². The predicted octanol–water partition coefficient (Wildman–Crippen LogP) is 3.35. The quantitative estimate of drug-likeness (QED) is 0.913. The molecule has 0 saturated carbocycles. The maximum atomic E-state index is 10.5. The molecule has 3 atom stereocenters. The summed E-state index contributed by atoms with van der Waals surface area (Å²) >= 11 is 0. The van der Waals surface area contributed by atoms with Gasteiger partial charge < -0.3 is 15.1 Å². The first kappa shape index (κ1) is 14.6. The van der Waals surface area contributed by atoms with E-state index < -0.39 is 6.10 Å². The Morgan fingerprint density at radius 3 is 2.45 bits per heavy atom. The van der Waals surface area contributed by atoms with Crippen LogP contribution < -0.4 is 0 Å². The van der Waals surface area contributed by atoms with Crippen LogP contribution in [0.4, 0.5) is 0 Å². The molecule has 0 bridgehead atoms. The van der Waals surface area contributed by atoms with Crippen LogP contribution in [0.5, 0.6) is 5.75 Å². The van der Waals surface area contributed by atoms with Crippen molar-refractivity contribution in [2.24, 2.45) is 5.16 Å². The highest BCUT2D eigenvalue weighted by atomic mass is 16.6. The molecule has 0 saturated heterocycles. The van der Waals surface area contributed by atoms with Gasteiger partial charge in [0.25, 0.3) is 0 Å². The van der Waals surface area contributed by atoms with Crippen molar-refractivity contribution in [3.63, 3.8) is 0 Å². The molecule has 0 spiro atoms. The molecular formula is C18H19NO3. The lowest BCUT2D eigenvalue weighted by atomic mass is 9.88. The Balaban J connectivity index is 1.99. The van der Waals surface area contributed by atoms with Crippen LogP contribution in [0, 0.1) is 0 Å². The Kier molecular flexibility index (Phi) is 3.86. The molecule has 2 aromatic rings. The van der Waals surface area contributed by atoms with Crippen LogP contribution in [-0.4, -0.2) is 22.0 Å². The average molecular weight is 297 g/mol. The van der Waals surface area contributed by atoms with Gasteiger partial charge in [-0.2, -0.15) is 0 Å². The lowest BCUT2D eigenvalue weighted by Gasteiger charge is -2.18. The molecular weight excluding hydrogens is 278 g/mol. The van der Waals surface area contributed by atoms with Crippen LogP contribution in [0.2, 0.25) is 0 Å². The zero-order chi connectivity index (χ0) is 15.7. The van der Waals surface area contributed by atoms with Crippen LogP contribution >= 0.6 is 0 Å². The summed E-state index contributed by atoms with van der Waals surface area (Å²) < 4.78 is 0. The number of hydrogen-bond acceptors (Lipinski definition) is 4. The van der Waals surface area contributed by atoms with Gasteiger partial charge in [0, 0.05) is 0 Å². The van der Waals surface area contributed by atoms with Gasteiger partial charge in [-0.1, -0.05) is 41.6 Å². The monoisotopic (exact) mass is 297 g/mol. The van der Waals surface area contributed by atoms with Gasteiger partial charge in [0.15, 0.2) is 0 Å². The van der Waals surface area contributed by atoms with Crippen molar-refractivity contribution < 1.29 is 15.1 Å². The molecule has 0 aromatic heterocycles. The number of phenolic OH excluding ortho intramolecular Hbond substituents is 1. The molecule has 114 valence electrons. The molecule has 1 aliphatic rings. The van der Waals surface area contributed by atoms with E-state index in [-0.39, 0.29) is 17.8 Å². The largest absolute Gasteiger partial charge is 0.508 e. The molecule has 2 N–H and O–H groups in total. The summed E-state index contributed by atoms with van der Waals surface area (Å²) in [6, 6.07) is 14.6. The Morgan fingerprint density at radius 2 is 1.82 bits per heavy atom. The number of aliphatic hydroxyl groups excluding tert-OH is 1. The highest BCUT2D eigenvalue weighted by molar-refractivity contribution is 5.90. The summed E-state index contributed by atoms with van der Waals surface area (Å²) in [7, 11) is 0. The number of benzene rings is 2. The van der Waals surface area contributed by atoms with Crippen molar-refractivity contribution in [3.8, 4) is 5.75 Å². The minimum Gasteiger partial charge on any atom is -0.508 e. The number of aromatic hydroxyl groups is 1. The first-order chi connectivity index (χ1) is 10.6. The summed E-state index contributed by atoms with van der Waals surface area (Å²) in [4.78, 5) is 5.30. The second-order valence-corrected chi connectivity index (χ2v) is 5.69. The summed E-state index contributed by atoms with van der Waals surface area (Å²) in [5, 5.41) is 24.6. The first-order valence-corrected chi connectivity index (χ1v) is 7.33. The number of phenols is 1. The molecule has 3 unspecified atom stereocenters. The Hall–Kier alpha value is -2.33. The molecule has 4 nitrogen and oxygen atoms in total. The molecule has 1 heterocycles. The van der Waals surface area contributed by atoms with E-state index in [2.05, 4.69) is 5.16 Å². The Morgan fingerprint density at radius 1 is 1.09 bits per heavy atom. The summed E-state index contributed by atoms with van der Waals surface area (Å²) in [6.45, 7) is 3.85. The molecule has 22 heavy (non-hydrogen) atoms. The number of oxime groups is 1. The van der Waals surface area contributed by atoms with E-state index in [4.69, 9.17) is 4.84 Å². The normalized spacial score (nSPS) is 22.0. The third-order valence-corrected chi connectivity index (χ3v) is 4.04. The zero-order valence-electron chi connectivity index (χ0n) is 12.6. The van der Waals surface area contributed by atoms with Gasteiger partial charge in [-0.05, 0) is 42.7 Å². The molecule has 3 rings (SSSR count). The number of hydrogen-bond donors (Lipinski definition) is 2. The summed E-state index contributed by atoms with van der Waals surface area (Å²) in [5.41, 5.74) is 3.22. The van der Waals surface area contributed by atoms with Gasteiger partial charge in [0.05, 0.1) is 11.6 Å². The maximum Gasteiger partial charge on any atom is 0.136 e. The van der Waals surface area contributed by atoms with Crippen molar-refractivity contribution in [2.75, 3.05) is 0 Å². The fraction of sp³-hybridized carbons (Fsp3) is 0.278. The van der Waals surface area contributed by atoms with Gasteiger partial charge >= 0.3 is 0 Å². The Labute approximate surface area is 129 Å². The number of nitrogens with zero attached hydrogens (tertiary/aromatic N) is 1. The molecule has 0 fully saturated rings. The highest BCUT2D eigenvalue weighted by Crippen LogP contribution is 2.34. The van der Waals surface area contributed by atoms with Crippen LogP contribution in [0.1, 0.15) is 42.6 Å². The van der Waals surface area contributed by atoms with E-state index in [0.717, 1.165) is 16.8 Å². The van der Waals surface area contributed by atoms with Gasteiger partial charge in [-0.15, -0.1) is 0 Å². The van der Waals surface area contributed by atoms with Crippen LogP contribution in [0.3, 0.4) is 0 Å². The lowest BCUT2D eigenvalue weighted by molar-refractivity contribution is 0.0904. The van der Waals surface area contributed by atoms with Crippen molar-refractivity contribution in [2.45, 2.75) is 32.0 Å². The maximum absolute atomic E-state index is 10.5. The zero-order valence-corrected chi connectivity index (χ0v) is 12.6. The fourth-order valence-corrected chi connectivity index (χ4v) is 2.96. The molecule has 2 aromatic carbocycles. The highest BCUT2D eigenvalue weighted by Gasteiger charge is 2.30. The number of rotatable bonds is 3. The second-order valence-electron chi connectivity index (χ2n) is 5.69. The SMILES string of the molecule is CC1=NOC(C)C1c1cc(O)cc(C(O)c2ccccc2)c1. The van der Waals surface area contributed by atoms with E-state index in [1.54, 1.807) is 12.1 Å². The third kappa shape index (κ3) is 2.70. The standard InChI is InChI=1S/C18H19NO3/c1-11-17(12(2)22-19-11)14-8-15(10-16(20)9-14)18(21)13-6-4-3-5-7-13/h3-10,12,17-18,20-21H,1-2H3. The van der Waals surface area contributed by atoms with Gasteiger partial charge in [-0.3, -0.25) is 0 Å². The second kappa shape index (κ2) is 5.81. The molecule has 0 aliphatic carbocycles. The van der Waals surface area contributed by atoms with Gasteiger partial charge in [-0.25, -0.2) is 0 Å². The summed E-state index contributed by atoms with van der Waals surface area (Å²) in [6.07, 6.45) is -0.856.